The van der Waals surface area contributed by atoms with Crippen LogP contribution < -0.4 is 10.5 Å². The molecule has 0 radical (unpaired) electrons. The van der Waals surface area contributed by atoms with Crippen LogP contribution in [0.4, 0.5) is 4.79 Å². The van der Waals surface area contributed by atoms with Gasteiger partial charge in [0.25, 0.3) is 0 Å². The number of benzene rings is 1. The average molecular weight is 248 g/mol. The van der Waals surface area contributed by atoms with Crippen LogP contribution in [-0.2, 0) is 0 Å². The monoisotopic (exact) mass is 248 g/mol. The van der Waals surface area contributed by atoms with E-state index in [0.717, 1.165) is 25.7 Å². The maximum absolute atomic E-state index is 12.1. The molecular weight excluding hydrogens is 228 g/mol. The third-order valence-electron chi connectivity index (χ3n) is 3.85. The van der Waals surface area contributed by atoms with Crippen LogP contribution in [0.3, 0.4) is 0 Å². The second-order valence-corrected chi connectivity index (χ2v) is 4.88. The van der Waals surface area contributed by atoms with Crippen molar-refractivity contribution in [3.63, 3.8) is 0 Å². The quantitative estimate of drug-likeness (QED) is 0.893. The minimum absolute atomic E-state index is 0.216. The molecule has 0 spiro atoms. The van der Waals surface area contributed by atoms with Gasteiger partial charge in [0.2, 0.25) is 0 Å². The number of nitrogens with two attached hydrogens (primary N) is 1. The summed E-state index contributed by atoms with van der Waals surface area (Å²) < 4.78 is 5.35. The standard InChI is InChI=1S/C14H20N2O2/c1-16(14(11-15)9-5-6-10-14)13(17)18-12-7-3-2-4-8-12/h2-4,7-8H,5-6,9-11,15H2,1H3. The van der Waals surface area contributed by atoms with Crippen LogP contribution >= 0.6 is 0 Å². The Morgan fingerprint density at radius 3 is 2.50 bits per heavy atom. The van der Waals surface area contributed by atoms with Gasteiger partial charge in [0, 0.05) is 13.6 Å². The van der Waals surface area contributed by atoms with Gasteiger partial charge < -0.3 is 15.4 Å². The predicted molar refractivity (Wildman–Crippen MR) is 70.5 cm³/mol. The van der Waals surface area contributed by atoms with Crippen molar-refractivity contribution in [2.45, 2.75) is 31.2 Å². The lowest BCUT2D eigenvalue weighted by atomic mass is 9.96. The van der Waals surface area contributed by atoms with E-state index >= 15 is 0 Å². The Labute approximate surface area is 108 Å². The maximum Gasteiger partial charge on any atom is 0.415 e. The van der Waals surface area contributed by atoms with Gasteiger partial charge in [-0.15, -0.1) is 0 Å². The zero-order valence-electron chi connectivity index (χ0n) is 10.8. The Balaban J connectivity index is 2.04. The molecule has 0 saturated heterocycles. The summed E-state index contributed by atoms with van der Waals surface area (Å²) in [4.78, 5) is 13.8. The van der Waals surface area contributed by atoms with Gasteiger partial charge in [-0.25, -0.2) is 4.79 Å². The summed E-state index contributed by atoms with van der Waals surface area (Å²) in [5, 5.41) is 0. The van der Waals surface area contributed by atoms with E-state index in [0.29, 0.717) is 12.3 Å². The lowest BCUT2D eigenvalue weighted by Crippen LogP contribution is -2.53. The number of hydrogen-bond acceptors (Lipinski definition) is 3. The highest BCUT2D eigenvalue weighted by molar-refractivity contribution is 5.71. The Hall–Kier alpha value is -1.55. The first-order chi connectivity index (χ1) is 8.68. The summed E-state index contributed by atoms with van der Waals surface area (Å²) in [5.41, 5.74) is 5.64. The Morgan fingerprint density at radius 1 is 1.33 bits per heavy atom. The van der Waals surface area contributed by atoms with E-state index in [9.17, 15) is 4.79 Å². The number of carbonyl (C=O) groups is 1. The number of carbonyl (C=O) groups excluding carboxylic acids is 1. The molecule has 2 rings (SSSR count). The lowest BCUT2D eigenvalue weighted by Gasteiger charge is -2.36. The molecule has 18 heavy (non-hydrogen) atoms. The minimum Gasteiger partial charge on any atom is -0.410 e. The fourth-order valence-corrected chi connectivity index (χ4v) is 2.56. The van der Waals surface area contributed by atoms with E-state index in [4.69, 9.17) is 10.5 Å². The maximum atomic E-state index is 12.1. The molecule has 1 aromatic carbocycles. The van der Waals surface area contributed by atoms with E-state index in [1.807, 2.05) is 18.2 Å². The molecule has 4 nitrogen and oxygen atoms in total. The molecule has 1 fully saturated rings. The minimum atomic E-state index is -0.325. The van der Waals surface area contributed by atoms with Gasteiger partial charge in [-0.3, -0.25) is 0 Å². The molecule has 4 heteroatoms. The highest BCUT2D eigenvalue weighted by Crippen LogP contribution is 2.34. The van der Waals surface area contributed by atoms with Crippen LogP contribution in [0.2, 0.25) is 0 Å². The Kier molecular flexibility index (Phi) is 3.87. The average Bonchev–Trinajstić information content (AvgIpc) is 2.89. The van der Waals surface area contributed by atoms with Gasteiger partial charge in [-0.05, 0) is 25.0 Å². The van der Waals surface area contributed by atoms with E-state index in [1.165, 1.54) is 0 Å². The first kappa shape index (κ1) is 12.9. The summed E-state index contributed by atoms with van der Waals surface area (Å²) >= 11 is 0. The normalized spacial score (nSPS) is 17.4. The van der Waals surface area contributed by atoms with Crippen molar-refractivity contribution < 1.29 is 9.53 Å². The molecule has 0 aliphatic heterocycles. The molecule has 0 atom stereocenters. The highest BCUT2D eigenvalue weighted by Gasteiger charge is 2.39. The van der Waals surface area contributed by atoms with Crippen LogP contribution in [0.15, 0.2) is 30.3 Å². The van der Waals surface area contributed by atoms with Crippen molar-refractivity contribution in [2.24, 2.45) is 5.73 Å². The van der Waals surface area contributed by atoms with E-state index in [-0.39, 0.29) is 11.6 Å². The largest absolute Gasteiger partial charge is 0.415 e. The van der Waals surface area contributed by atoms with Crippen molar-refractivity contribution in [3.05, 3.63) is 30.3 Å². The zero-order chi connectivity index (χ0) is 13.0. The molecule has 0 unspecified atom stereocenters. The fraction of sp³-hybridized carbons (Fsp3) is 0.500. The molecule has 1 aliphatic carbocycles. The number of amides is 1. The number of ether oxygens (including phenoxy) is 1. The van der Waals surface area contributed by atoms with Crippen LogP contribution in [0, 0.1) is 0 Å². The summed E-state index contributed by atoms with van der Waals surface area (Å²) in [7, 11) is 1.78. The first-order valence-corrected chi connectivity index (χ1v) is 6.39. The fourth-order valence-electron chi connectivity index (χ4n) is 2.56. The SMILES string of the molecule is CN(C(=O)Oc1ccccc1)C1(CN)CCCC1. The van der Waals surface area contributed by atoms with Crippen molar-refractivity contribution >= 4 is 6.09 Å². The number of hydrogen-bond donors (Lipinski definition) is 1. The second-order valence-electron chi connectivity index (χ2n) is 4.88. The molecule has 98 valence electrons. The van der Waals surface area contributed by atoms with E-state index < -0.39 is 0 Å². The molecule has 0 heterocycles. The van der Waals surface area contributed by atoms with Crippen LogP contribution in [-0.4, -0.2) is 30.1 Å². The molecule has 1 saturated carbocycles. The van der Waals surface area contributed by atoms with E-state index in [1.54, 1.807) is 24.1 Å². The van der Waals surface area contributed by atoms with Gasteiger partial charge in [-0.2, -0.15) is 0 Å². The molecule has 0 aromatic heterocycles. The van der Waals surface area contributed by atoms with Crippen molar-refractivity contribution in [1.29, 1.82) is 0 Å². The van der Waals surface area contributed by atoms with Crippen LogP contribution in [0.5, 0.6) is 5.75 Å². The molecule has 1 amide bonds. The van der Waals surface area contributed by atoms with Crippen LogP contribution in [0.25, 0.3) is 0 Å². The van der Waals surface area contributed by atoms with Gasteiger partial charge in [0.15, 0.2) is 0 Å². The third kappa shape index (κ3) is 2.48. The number of nitrogens with zero attached hydrogens (tertiary/aromatic N) is 1. The summed E-state index contributed by atoms with van der Waals surface area (Å²) in [5.74, 6) is 0.569. The van der Waals surface area contributed by atoms with Crippen molar-refractivity contribution in [1.82, 2.24) is 4.90 Å². The topological polar surface area (TPSA) is 55.6 Å². The van der Waals surface area contributed by atoms with Gasteiger partial charge in [-0.1, -0.05) is 31.0 Å². The third-order valence-corrected chi connectivity index (χ3v) is 3.85. The Bertz CT molecular complexity index is 400. The van der Waals surface area contributed by atoms with Crippen LogP contribution in [0.1, 0.15) is 25.7 Å². The number of para-hydroxylation sites is 1. The number of likely N-dealkylation sites (N-methyl/N-ethyl adjacent to an activating group) is 1. The zero-order valence-corrected chi connectivity index (χ0v) is 10.8. The summed E-state index contributed by atoms with van der Waals surface area (Å²) in [6, 6.07) is 9.12. The molecule has 2 N–H and O–H groups in total. The molecule has 1 aromatic rings. The number of rotatable bonds is 3. The molecular formula is C14H20N2O2. The van der Waals surface area contributed by atoms with Gasteiger partial charge in [0.05, 0.1) is 5.54 Å². The molecule has 1 aliphatic rings. The van der Waals surface area contributed by atoms with Gasteiger partial charge in [0.1, 0.15) is 5.75 Å². The van der Waals surface area contributed by atoms with Crippen molar-refractivity contribution in [3.8, 4) is 5.75 Å². The lowest BCUT2D eigenvalue weighted by molar-refractivity contribution is 0.105. The smallest absolute Gasteiger partial charge is 0.410 e. The highest BCUT2D eigenvalue weighted by atomic mass is 16.6. The first-order valence-electron chi connectivity index (χ1n) is 6.39. The molecule has 0 bridgehead atoms. The Morgan fingerprint density at radius 2 is 1.94 bits per heavy atom. The summed E-state index contributed by atoms with van der Waals surface area (Å²) in [6.45, 7) is 0.493. The second kappa shape index (κ2) is 5.40. The van der Waals surface area contributed by atoms with E-state index in [2.05, 4.69) is 0 Å². The van der Waals surface area contributed by atoms with Gasteiger partial charge >= 0.3 is 6.09 Å². The predicted octanol–water partition coefficient (Wildman–Crippen LogP) is 2.39. The summed E-state index contributed by atoms with van der Waals surface area (Å²) in [6.07, 6.45) is 3.85. The van der Waals surface area contributed by atoms with Crippen molar-refractivity contribution in [2.75, 3.05) is 13.6 Å².